The summed E-state index contributed by atoms with van der Waals surface area (Å²) in [5.74, 6) is -0.103. The molecule has 0 radical (unpaired) electrons. The van der Waals surface area contributed by atoms with Crippen molar-refractivity contribution in [1.82, 2.24) is 15.1 Å². The van der Waals surface area contributed by atoms with Crippen LogP contribution in [0.1, 0.15) is 33.7 Å². The van der Waals surface area contributed by atoms with E-state index in [0.717, 1.165) is 23.4 Å². The van der Waals surface area contributed by atoms with E-state index in [4.69, 9.17) is 17.3 Å². The molecule has 22 heavy (non-hydrogen) atoms. The molecule has 0 bridgehead atoms. The zero-order valence-corrected chi connectivity index (χ0v) is 13.7. The van der Waals surface area contributed by atoms with Gasteiger partial charge in [-0.2, -0.15) is 5.10 Å². The van der Waals surface area contributed by atoms with E-state index in [2.05, 4.69) is 10.4 Å². The van der Waals surface area contributed by atoms with Gasteiger partial charge in [-0.1, -0.05) is 29.8 Å². The van der Waals surface area contributed by atoms with Crippen molar-refractivity contribution in [3.63, 3.8) is 0 Å². The second-order valence-electron chi connectivity index (χ2n) is 5.19. The van der Waals surface area contributed by atoms with Gasteiger partial charge in [-0.05, 0) is 38.4 Å². The third-order valence-electron chi connectivity index (χ3n) is 3.55. The fraction of sp³-hybridized carbons (Fsp3) is 0.375. The second kappa shape index (κ2) is 7.42. The fourth-order valence-electron chi connectivity index (χ4n) is 2.36. The minimum Gasteiger partial charge on any atom is -0.352 e. The minimum absolute atomic E-state index is 0.103. The second-order valence-corrected chi connectivity index (χ2v) is 5.60. The van der Waals surface area contributed by atoms with Gasteiger partial charge in [-0.15, -0.1) is 0 Å². The normalized spacial score (nSPS) is 10.7. The van der Waals surface area contributed by atoms with Crippen molar-refractivity contribution in [3.05, 3.63) is 51.8 Å². The number of carbonyl (C=O) groups is 1. The van der Waals surface area contributed by atoms with E-state index in [1.807, 2.05) is 42.8 Å². The lowest BCUT2D eigenvalue weighted by molar-refractivity contribution is 0.0952. The van der Waals surface area contributed by atoms with E-state index < -0.39 is 0 Å². The van der Waals surface area contributed by atoms with Crippen LogP contribution < -0.4 is 11.1 Å². The number of hydrogen-bond donors (Lipinski definition) is 2. The number of amides is 1. The quantitative estimate of drug-likeness (QED) is 0.802. The maximum atomic E-state index is 12.3. The first-order chi connectivity index (χ1) is 10.5. The summed E-state index contributed by atoms with van der Waals surface area (Å²) in [5.41, 5.74) is 8.60. The molecule has 0 aliphatic heterocycles. The van der Waals surface area contributed by atoms with Gasteiger partial charge in [-0.25, -0.2) is 0 Å². The number of hydrogen-bond acceptors (Lipinski definition) is 3. The molecule has 6 heteroatoms. The maximum absolute atomic E-state index is 12.3. The molecule has 2 rings (SSSR count). The average Bonchev–Trinajstić information content (AvgIpc) is 2.76. The van der Waals surface area contributed by atoms with Crippen LogP contribution in [0, 0.1) is 13.8 Å². The number of halogens is 1. The lowest BCUT2D eigenvalue weighted by Crippen LogP contribution is -2.27. The van der Waals surface area contributed by atoms with Crippen LogP contribution >= 0.6 is 11.6 Å². The lowest BCUT2D eigenvalue weighted by Gasteiger charge is -2.08. The van der Waals surface area contributed by atoms with E-state index >= 15 is 0 Å². The number of benzene rings is 1. The van der Waals surface area contributed by atoms with E-state index in [0.29, 0.717) is 30.2 Å². The van der Waals surface area contributed by atoms with E-state index in [1.54, 1.807) is 0 Å². The van der Waals surface area contributed by atoms with Crippen molar-refractivity contribution in [1.29, 1.82) is 0 Å². The molecular formula is C16H21ClN4O. The SMILES string of the molecule is Cc1nn(Cc2ccccc2Cl)c(C)c1C(=O)NCCCN. The topological polar surface area (TPSA) is 72.9 Å². The van der Waals surface area contributed by atoms with Crippen molar-refractivity contribution in [2.75, 3.05) is 13.1 Å². The summed E-state index contributed by atoms with van der Waals surface area (Å²) in [5, 5.41) is 8.04. The average molecular weight is 321 g/mol. The number of nitrogens with one attached hydrogen (secondary N) is 1. The summed E-state index contributed by atoms with van der Waals surface area (Å²) in [4.78, 5) is 12.3. The number of nitrogens with two attached hydrogens (primary N) is 1. The molecule has 0 saturated heterocycles. The van der Waals surface area contributed by atoms with Gasteiger partial charge >= 0.3 is 0 Å². The predicted octanol–water partition coefficient (Wildman–Crippen LogP) is 2.28. The summed E-state index contributed by atoms with van der Waals surface area (Å²) in [6, 6.07) is 7.64. The van der Waals surface area contributed by atoms with Gasteiger partial charge in [0.25, 0.3) is 5.91 Å². The summed E-state index contributed by atoms with van der Waals surface area (Å²) < 4.78 is 1.81. The Morgan fingerprint density at radius 1 is 1.36 bits per heavy atom. The van der Waals surface area contributed by atoms with Crippen LogP contribution in [0.25, 0.3) is 0 Å². The summed E-state index contributed by atoms with van der Waals surface area (Å²) in [6.45, 7) is 5.42. The van der Waals surface area contributed by atoms with Gasteiger partial charge in [0.2, 0.25) is 0 Å². The molecule has 1 aromatic carbocycles. The predicted molar refractivity (Wildman–Crippen MR) is 88.3 cm³/mol. The molecule has 1 heterocycles. The van der Waals surface area contributed by atoms with Gasteiger partial charge in [0.1, 0.15) is 0 Å². The highest BCUT2D eigenvalue weighted by Gasteiger charge is 2.18. The Morgan fingerprint density at radius 2 is 2.09 bits per heavy atom. The largest absolute Gasteiger partial charge is 0.352 e. The fourth-order valence-corrected chi connectivity index (χ4v) is 2.56. The van der Waals surface area contributed by atoms with Gasteiger partial charge in [0.05, 0.1) is 17.8 Å². The third kappa shape index (κ3) is 3.67. The van der Waals surface area contributed by atoms with Crippen LogP contribution in [-0.4, -0.2) is 28.8 Å². The van der Waals surface area contributed by atoms with Crippen LogP contribution in [0.4, 0.5) is 0 Å². The number of aryl methyl sites for hydroxylation is 1. The van der Waals surface area contributed by atoms with Crippen molar-refractivity contribution in [2.45, 2.75) is 26.8 Å². The highest BCUT2D eigenvalue weighted by atomic mass is 35.5. The molecule has 1 amide bonds. The summed E-state index contributed by atoms with van der Waals surface area (Å²) in [6.07, 6.45) is 0.762. The van der Waals surface area contributed by atoms with Gasteiger partial charge < -0.3 is 11.1 Å². The standard InChI is InChI=1S/C16H21ClN4O/c1-11-15(16(22)19-9-5-8-18)12(2)21(20-11)10-13-6-3-4-7-14(13)17/h3-4,6-7H,5,8-10,18H2,1-2H3,(H,19,22). The van der Waals surface area contributed by atoms with Gasteiger partial charge in [0, 0.05) is 17.3 Å². The summed E-state index contributed by atoms with van der Waals surface area (Å²) in [7, 11) is 0. The smallest absolute Gasteiger partial charge is 0.255 e. The third-order valence-corrected chi connectivity index (χ3v) is 3.92. The Kier molecular flexibility index (Phi) is 5.57. The monoisotopic (exact) mass is 320 g/mol. The highest BCUT2D eigenvalue weighted by molar-refractivity contribution is 6.31. The minimum atomic E-state index is -0.103. The number of rotatable bonds is 6. The molecule has 0 spiro atoms. The molecular weight excluding hydrogens is 300 g/mol. The van der Waals surface area contributed by atoms with Crippen molar-refractivity contribution in [3.8, 4) is 0 Å². The van der Waals surface area contributed by atoms with Crippen molar-refractivity contribution < 1.29 is 4.79 Å². The number of nitrogens with zero attached hydrogens (tertiary/aromatic N) is 2. The van der Waals surface area contributed by atoms with Gasteiger partial charge in [0.15, 0.2) is 0 Å². The first-order valence-electron chi connectivity index (χ1n) is 7.30. The van der Waals surface area contributed by atoms with Crippen LogP contribution in [0.2, 0.25) is 5.02 Å². The molecule has 0 saturated carbocycles. The van der Waals surface area contributed by atoms with E-state index in [-0.39, 0.29) is 5.91 Å². The van der Waals surface area contributed by atoms with Crippen molar-refractivity contribution >= 4 is 17.5 Å². The molecule has 0 fully saturated rings. The van der Waals surface area contributed by atoms with E-state index in [9.17, 15) is 4.79 Å². The zero-order chi connectivity index (χ0) is 16.1. The number of aromatic nitrogens is 2. The van der Waals surface area contributed by atoms with Crippen LogP contribution in [0.5, 0.6) is 0 Å². The van der Waals surface area contributed by atoms with E-state index in [1.165, 1.54) is 0 Å². The zero-order valence-electron chi connectivity index (χ0n) is 12.9. The molecule has 3 N–H and O–H groups in total. The Hall–Kier alpha value is -1.85. The van der Waals surface area contributed by atoms with Crippen LogP contribution in [-0.2, 0) is 6.54 Å². The maximum Gasteiger partial charge on any atom is 0.255 e. The molecule has 0 aliphatic carbocycles. The van der Waals surface area contributed by atoms with Gasteiger partial charge in [-0.3, -0.25) is 9.48 Å². The molecule has 0 atom stereocenters. The highest BCUT2D eigenvalue weighted by Crippen LogP contribution is 2.19. The number of carbonyl (C=O) groups excluding carboxylic acids is 1. The molecule has 2 aromatic rings. The summed E-state index contributed by atoms with van der Waals surface area (Å²) >= 11 is 6.19. The first kappa shape index (κ1) is 16.5. The first-order valence-corrected chi connectivity index (χ1v) is 7.68. The molecule has 1 aromatic heterocycles. The molecule has 0 aliphatic rings. The Balaban J connectivity index is 2.20. The van der Waals surface area contributed by atoms with Crippen LogP contribution in [0.15, 0.2) is 24.3 Å². The molecule has 0 unspecified atom stereocenters. The van der Waals surface area contributed by atoms with Crippen molar-refractivity contribution in [2.24, 2.45) is 5.73 Å². The lowest BCUT2D eigenvalue weighted by atomic mass is 10.1. The van der Waals surface area contributed by atoms with Crippen LogP contribution in [0.3, 0.4) is 0 Å². The Labute approximate surface area is 135 Å². The Bertz CT molecular complexity index is 666. The molecule has 118 valence electrons. The molecule has 5 nitrogen and oxygen atoms in total. The Morgan fingerprint density at radius 3 is 2.77 bits per heavy atom.